The molecule has 32 heavy (non-hydrogen) atoms. The highest BCUT2D eigenvalue weighted by molar-refractivity contribution is 6.53. The molecule has 2 aromatic carbocycles. The number of hydrogen-bond donors (Lipinski definition) is 2. The van der Waals surface area contributed by atoms with Gasteiger partial charge < -0.3 is 10.6 Å². The summed E-state index contributed by atoms with van der Waals surface area (Å²) in [5, 5.41) is 15.7. The molecule has 0 saturated heterocycles. The van der Waals surface area contributed by atoms with E-state index in [9.17, 15) is 14.9 Å². The molecule has 4 rings (SSSR count). The van der Waals surface area contributed by atoms with Gasteiger partial charge in [-0.15, -0.1) is 23.2 Å². The van der Waals surface area contributed by atoms with Gasteiger partial charge in [0.05, 0.1) is 22.6 Å². The van der Waals surface area contributed by atoms with Crippen molar-refractivity contribution in [3.8, 4) is 6.07 Å². The summed E-state index contributed by atoms with van der Waals surface area (Å²) in [4.78, 5) is 25.5. The van der Waals surface area contributed by atoms with Crippen LogP contribution < -0.4 is 10.6 Å². The largest absolute Gasteiger partial charge is 0.334 e. The minimum atomic E-state index is -1.33. The molecule has 2 N–H and O–H groups in total. The van der Waals surface area contributed by atoms with E-state index < -0.39 is 33.5 Å². The van der Waals surface area contributed by atoms with Gasteiger partial charge in [0.1, 0.15) is 9.87 Å². The quantitative estimate of drug-likeness (QED) is 0.447. The van der Waals surface area contributed by atoms with Crippen LogP contribution in [0.1, 0.15) is 40.2 Å². The van der Waals surface area contributed by atoms with Crippen LogP contribution in [0.4, 0.5) is 5.69 Å². The normalized spacial score (nSPS) is 21.9. The van der Waals surface area contributed by atoms with E-state index in [-0.39, 0.29) is 10.6 Å². The number of anilines is 1. The highest BCUT2D eigenvalue weighted by atomic mass is 35.5. The summed E-state index contributed by atoms with van der Waals surface area (Å²) in [7, 11) is 0. The molecule has 0 unspecified atom stereocenters. The smallest absolute Gasteiger partial charge is 0.254 e. The predicted octanol–water partition coefficient (Wildman–Crippen LogP) is 6.27. The molecule has 2 fully saturated rings. The van der Waals surface area contributed by atoms with Crippen LogP contribution in [0.3, 0.4) is 0 Å². The second-order valence-corrected chi connectivity index (χ2v) is 10.7. The van der Waals surface area contributed by atoms with Gasteiger partial charge in [-0.2, -0.15) is 5.26 Å². The first-order valence-electron chi connectivity index (χ1n) is 9.66. The zero-order chi connectivity index (χ0) is 23.4. The average molecular weight is 532 g/mol. The monoisotopic (exact) mass is 529 g/mol. The zero-order valence-corrected chi connectivity index (χ0v) is 20.4. The van der Waals surface area contributed by atoms with Crippen molar-refractivity contribution >= 4 is 75.5 Å². The minimum absolute atomic E-state index is 0.151. The van der Waals surface area contributed by atoms with Crippen molar-refractivity contribution in [3.05, 3.63) is 62.1 Å². The van der Waals surface area contributed by atoms with Crippen molar-refractivity contribution in [2.75, 3.05) is 5.32 Å². The van der Waals surface area contributed by atoms with Gasteiger partial charge in [0.25, 0.3) is 5.91 Å². The number of alkyl halides is 2. The maximum absolute atomic E-state index is 12.9. The van der Waals surface area contributed by atoms with Crippen LogP contribution in [-0.4, -0.2) is 21.7 Å². The van der Waals surface area contributed by atoms with Gasteiger partial charge in [0, 0.05) is 21.7 Å². The first-order valence-corrected chi connectivity index (χ1v) is 11.6. The van der Waals surface area contributed by atoms with E-state index in [0.717, 1.165) is 5.56 Å². The van der Waals surface area contributed by atoms with Gasteiger partial charge in [-0.05, 0) is 61.2 Å². The van der Waals surface area contributed by atoms with Gasteiger partial charge in [-0.1, -0.05) is 34.8 Å². The molecule has 2 atom stereocenters. The summed E-state index contributed by atoms with van der Waals surface area (Å²) < 4.78 is -1.33. The summed E-state index contributed by atoms with van der Waals surface area (Å²) in [6, 6.07) is 10.0. The van der Waals surface area contributed by atoms with Crippen LogP contribution in [0, 0.1) is 24.2 Å². The lowest BCUT2D eigenvalue weighted by Gasteiger charge is -2.12. The first kappa shape index (κ1) is 23.5. The van der Waals surface area contributed by atoms with Crippen LogP contribution in [0.25, 0.3) is 0 Å². The maximum atomic E-state index is 12.9. The van der Waals surface area contributed by atoms with E-state index in [1.165, 1.54) is 12.1 Å². The molecule has 2 aliphatic rings. The lowest BCUT2D eigenvalue weighted by atomic mass is 10.1. The SMILES string of the molecule is Cc1c(Cl)cc([C@@H]2[C@@H](C(=O)Nc3ccc(Cl)c(C(=O)NC4(C#N)CC4)c3)C2(Cl)Cl)cc1Cl. The lowest BCUT2D eigenvalue weighted by Crippen LogP contribution is -2.35. The van der Waals surface area contributed by atoms with E-state index in [2.05, 4.69) is 16.7 Å². The van der Waals surface area contributed by atoms with Gasteiger partial charge in [-0.25, -0.2) is 0 Å². The molecule has 2 aliphatic carbocycles. The highest BCUT2D eigenvalue weighted by Crippen LogP contribution is 2.65. The molecule has 5 nitrogen and oxygen atoms in total. The number of nitriles is 1. The Bertz CT molecular complexity index is 1160. The molecule has 166 valence electrons. The predicted molar refractivity (Wildman–Crippen MR) is 127 cm³/mol. The standard InChI is InChI=1S/C22H16Cl5N3O2/c1-10-15(24)6-11(7-16(10)25)17-18(22(17,26)27)20(32)29-12-2-3-14(23)13(8-12)19(31)30-21(9-28)4-5-21/h2-3,6-8,17-18H,4-5H2,1H3,(H,29,32)(H,30,31)/t17-,18+/m1/s1. The van der Waals surface area contributed by atoms with E-state index in [0.29, 0.717) is 34.1 Å². The minimum Gasteiger partial charge on any atom is -0.334 e. The number of nitrogens with zero attached hydrogens (tertiary/aromatic N) is 1. The van der Waals surface area contributed by atoms with Crippen LogP contribution in [0.5, 0.6) is 0 Å². The third-order valence-corrected chi connectivity index (χ3v) is 7.85. The van der Waals surface area contributed by atoms with Gasteiger partial charge in [0.15, 0.2) is 0 Å². The number of benzene rings is 2. The second-order valence-electron chi connectivity index (χ2n) is 8.07. The van der Waals surface area contributed by atoms with Crippen molar-refractivity contribution in [1.29, 1.82) is 5.26 Å². The van der Waals surface area contributed by atoms with Crippen LogP contribution >= 0.6 is 58.0 Å². The maximum Gasteiger partial charge on any atom is 0.254 e. The average Bonchev–Trinajstić information content (AvgIpc) is 3.62. The Morgan fingerprint density at radius 2 is 1.69 bits per heavy atom. The fraction of sp³-hybridized carbons (Fsp3) is 0.318. The van der Waals surface area contributed by atoms with E-state index in [4.69, 9.17) is 58.0 Å². The summed E-state index contributed by atoms with van der Waals surface area (Å²) in [6.45, 7) is 1.79. The molecule has 0 aliphatic heterocycles. The Morgan fingerprint density at radius 1 is 1.06 bits per heavy atom. The van der Waals surface area contributed by atoms with E-state index in [1.807, 2.05) is 0 Å². The third-order valence-electron chi connectivity index (χ3n) is 5.79. The summed E-state index contributed by atoms with van der Waals surface area (Å²) in [5.74, 6) is -2.15. The van der Waals surface area contributed by atoms with Crippen molar-refractivity contribution in [2.45, 2.75) is 35.6 Å². The molecule has 0 spiro atoms. The van der Waals surface area contributed by atoms with Gasteiger partial charge >= 0.3 is 0 Å². The molecule has 2 saturated carbocycles. The number of halogens is 5. The summed E-state index contributed by atoms with van der Waals surface area (Å²) >= 11 is 31.4. The molecule has 0 aromatic heterocycles. The molecule has 0 bridgehead atoms. The Kier molecular flexibility index (Phi) is 6.07. The topological polar surface area (TPSA) is 82.0 Å². The first-order chi connectivity index (χ1) is 15.0. The van der Waals surface area contributed by atoms with Gasteiger partial charge in [-0.3, -0.25) is 9.59 Å². The molecule has 0 heterocycles. The number of carbonyl (C=O) groups excluding carboxylic acids is 2. The van der Waals surface area contributed by atoms with Crippen molar-refractivity contribution in [3.63, 3.8) is 0 Å². The number of nitrogens with one attached hydrogen (secondary N) is 2. The Morgan fingerprint density at radius 3 is 2.25 bits per heavy atom. The zero-order valence-electron chi connectivity index (χ0n) is 16.6. The highest BCUT2D eigenvalue weighted by Gasteiger charge is 2.67. The molecule has 0 radical (unpaired) electrons. The third kappa shape index (κ3) is 4.27. The second kappa shape index (κ2) is 8.27. The van der Waals surface area contributed by atoms with Crippen molar-refractivity contribution in [1.82, 2.24) is 5.32 Å². The Hall–Kier alpha value is -1.68. The number of amides is 2. The van der Waals surface area contributed by atoms with Crippen molar-refractivity contribution in [2.24, 2.45) is 5.92 Å². The number of carbonyl (C=O) groups is 2. The fourth-order valence-corrected chi connectivity index (χ4v) is 5.12. The Labute approximate surface area is 209 Å². The molecular formula is C22H16Cl5N3O2. The molecule has 2 aromatic rings. The molecule has 2 amide bonds. The summed E-state index contributed by atoms with van der Waals surface area (Å²) in [5.41, 5.74) is 1.05. The molecular weight excluding hydrogens is 516 g/mol. The van der Waals surface area contributed by atoms with Crippen LogP contribution in [-0.2, 0) is 4.79 Å². The van der Waals surface area contributed by atoms with Crippen molar-refractivity contribution < 1.29 is 9.59 Å². The Balaban J connectivity index is 1.52. The van der Waals surface area contributed by atoms with E-state index in [1.54, 1.807) is 25.1 Å². The van der Waals surface area contributed by atoms with Crippen LogP contribution in [0.15, 0.2) is 30.3 Å². The number of rotatable bonds is 5. The lowest BCUT2D eigenvalue weighted by molar-refractivity contribution is -0.117. The van der Waals surface area contributed by atoms with E-state index >= 15 is 0 Å². The summed E-state index contributed by atoms with van der Waals surface area (Å²) in [6.07, 6.45) is 1.18. The molecule has 10 heteroatoms. The number of hydrogen-bond acceptors (Lipinski definition) is 3. The van der Waals surface area contributed by atoms with Gasteiger partial charge in [0.2, 0.25) is 5.91 Å². The van der Waals surface area contributed by atoms with Crippen LogP contribution in [0.2, 0.25) is 15.1 Å². The fourth-order valence-electron chi connectivity index (χ4n) is 3.58.